The van der Waals surface area contributed by atoms with Crippen LogP contribution >= 0.6 is 0 Å². The van der Waals surface area contributed by atoms with Gasteiger partial charge in [-0.25, -0.2) is 4.79 Å². The first-order valence-corrected chi connectivity index (χ1v) is 19.5. The number of aryl methyl sites for hydroxylation is 1. The van der Waals surface area contributed by atoms with Crippen LogP contribution in [0.2, 0.25) is 25.7 Å². The molecular formula is C35H55O3Si. The summed E-state index contributed by atoms with van der Waals surface area (Å²) in [6.45, 7) is 10.4. The van der Waals surface area contributed by atoms with Gasteiger partial charge >= 0.3 is 5.97 Å². The second kappa shape index (κ2) is 19.9. The van der Waals surface area contributed by atoms with Crippen molar-refractivity contribution in [2.24, 2.45) is 0 Å². The highest BCUT2D eigenvalue weighted by Crippen LogP contribution is 2.20. The molecule has 0 aliphatic rings. The van der Waals surface area contributed by atoms with Gasteiger partial charge in [0.2, 0.25) is 0 Å². The van der Waals surface area contributed by atoms with E-state index in [1.807, 2.05) is 30.3 Å². The minimum atomic E-state index is -0.845. The second-order valence-electron chi connectivity index (χ2n) is 12.3. The number of esters is 1. The highest BCUT2D eigenvalue weighted by molar-refractivity contribution is 6.76. The van der Waals surface area contributed by atoms with Gasteiger partial charge < -0.3 is 9.47 Å². The Hall–Kier alpha value is -2.07. The van der Waals surface area contributed by atoms with Crippen molar-refractivity contribution in [1.82, 2.24) is 0 Å². The van der Waals surface area contributed by atoms with Gasteiger partial charge in [0, 0.05) is 8.07 Å². The summed E-state index contributed by atoms with van der Waals surface area (Å²) in [5, 5.41) is 0. The van der Waals surface area contributed by atoms with Gasteiger partial charge in [0.05, 0.1) is 12.2 Å². The quantitative estimate of drug-likeness (QED) is 0.0632. The number of unbranched alkanes of at least 4 members (excludes halogenated alkanes) is 13. The van der Waals surface area contributed by atoms with Crippen LogP contribution in [0.25, 0.3) is 0 Å². The molecule has 0 saturated heterocycles. The van der Waals surface area contributed by atoms with E-state index in [4.69, 9.17) is 9.47 Å². The molecule has 0 bridgehead atoms. The van der Waals surface area contributed by atoms with Crippen LogP contribution in [0.3, 0.4) is 0 Å². The highest BCUT2D eigenvalue weighted by atomic mass is 28.3. The molecule has 0 heterocycles. The Morgan fingerprint density at radius 2 is 1.31 bits per heavy atom. The van der Waals surface area contributed by atoms with Crippen LogP contribution in [0, 0.1) is 6.07 Å². The predicted octanol–water partition coefficient (Wildman–Crippen LogP) is 10.8. The third-order valence-electron chi connectivity index (χ3n) is 7.27. The van der Waals surface area contributed by atoms with E-state index in [0.29, 0.717) is 11.3 Å². The van der Waals surface area contributed by atoms with E-state index < -0.39 is 8.07 Å². The van der Waals surface area contributed by atoms with Gasteiger partial charge in [0.15, 0.2) is 0 Å². The molecule has 0 spiro atoms. The first-order valence-electron chi connectivity index (χ1n) is 15.8. The number of benzene rings is 2. The van der Waals surface area contributed by atoms with Gasteiger partial charge in [-0.2, -0.15) is 0 Å². The maximum Gasteiger partial charge on any atom is 0.343 e. The van der Waals surface area contributed by atoms with Crippen LogP contribution in [-0.4, -0.2) is 20.7 Å². The molecule has 0 aromatic heterocycles. The number of carbonyl (C=O) groups excluding carboxylic acids is 1. The largest absolute Gasteiger partial charge is 0.494 e. The zero-order valence-electron chi connectivity index (χ0n) is 25.5. The van der Waals surface area contributed by atoms with Gasteiger partial charge in [-0.1, -0.05) is 122 Å². The summed E-state index contributed by atoms with van der Waals surface area (Å²) in [5.41, 5.74) is 1.65. The number of ether oxygens (including phenoxy) is 2. The van der Waals surface area contributed by atoms with Crippen molar-refractivity contribution in [3.8, 4) is 11.5 Å². The number of carbonyl (C=O) groups is 1. The molecule has 4 heteroatoms. The molecule has 1 radical (unpaired) electrons. The number of hydrogen-bond donors (Lipinski definition) is 0. The molecule has 0 aliphatic heterocycles. The molecule has 0 amide bonds. The van der Waals surface area contributed by atoms with E-state index in [0.717, 1.165) is 37.2 Å². The molecule has 2 rings (SSSR count). The second-order valence-corrected chi connectivity index (χ2v) is 17.9. The third kappa shape index (κ3) is 16.6. The van der Waals surface area contributed by atoms with Crippen molar-refractivity contribution < 1.29 is 14.3 Å². The van der Waals surface area contributed by atoms with Crippen LogP contribution in [0.4, 0.5) is 0 Å². The highest BCUT2D eigenvalue weighted by Gasteiger charge is 2.11. The molecule has 2 aromatic carbocycles. The lowest BCUT2D eigenvalue weighted by molar-refractivity contribution is 0.0734. The summed E-state index contributed by atoms with van der Waals surface area (Å²) < 4.78 is 11.5. The zero-order chi connectivity index (χ0) is 28.2. The molecule has 0 N–H and O–H groups in total. The minimum absolute atomic E-state index is 0.338. The zero-order valence-corrected chi connectivity index (χ0v) is 26.5. The van der Waals surface area contributed by atoms with Gasteiger partial charge in [0.25, 0.3) is 0 Å². The van der Waals surface area contributed by atoms with Crippen molar-refractivity contribution in [2.45, 2.75) is 135 Å². The maximum absolute atomic E-state index is 12.6. The van der Waals surface area contributed by atoms with E-state index >= 15 is 0 Å². The fraction of sp³-hybridized carbons (Fsp3) is 0.629. The summed E-state index contributed by atoms with van der Waals surface area (Å²) >= 11 is 0. The van der Waals surface area contributed by atoms with Crippen LogP contribution in [0.1, 0.15) is 119 Å². The van der Waals surface area contributed by atoms with Gasteiger partial charge in [-0.3, -0.25) is 0 Å². The normalized spacial score (nSPS) is 11.5. The number of hydrogen-bond acceptors (Lipinski definition) is 3. The number of rotatable bonds is 22. The molecule has 0 aliphatic carbocycles. The van der Waals surface area contributed by atoms with E-state index in [2.05, 4.69) is 32.6 Å². The molecule has 0 saturated carbocycles. The van der Waals surface area contributed by atoms with Crippen molar-refractivity contribution in [3.05, 3.63) is 59.7 Å². The fourth-order valence-corrected chi connectivity index (χ4v) is 6.14. The van der Waals surface area contributed by atoms with E-state index in [1.54, 1.807) is 12.1 Å². The molecular weight excluding hydrogens is 496 g/mol. The Balaban J connectivity index is 1.58. The van der Waals surface area contributed by atoms with E-state index in [-0.39, 0.29) is 5.97 Å². The molecule has 3 nitrogen and oxygen atoms in total. The molecule has 0 fully saturated rings. The fourth-order valence-electron chi connectivity index (χ4n) is 4.83. The van der Waals surface area contributed by atoms with E-state index in [9.17, 15) is 4.79 Å². The summed E-state index contributed by atoms with van der Waals surface area (Å²) in [5.74, 6) is 1.05. The Kier molecular flexibility index (Phi) is 16.9. The first-order chi connectivity index (χ1) is 18.9. The lowest BCUT2D eigenvalue weighted by Gasteiger charge is -2.14. The van der Waals surface area contributed by atoms with Crippen LogP contribution in [0.15, 0.2) is 42.5 Å². The van der Waals surface area contributed by atoms with Crippen LogP contribution in [0.5, 0.6) is 11.5 Å². The van der Waals surface area contributed by atoms with Crippen molar-refractivity contribution in [2.75, 3.05) is 6.61 Å². The third-order valence-corrected chi connectivity index (χ3v) is 9.13. The minimum Gasteiger partial charge on any atom is -0.494 e. The Labute approximate surface area is 241 Å². The Morgan fingerprint density at radius 1 is 0.718 bits per heavy atom. The van der Waals surface area contributed by atoms with Gasteiger partial charge in [0.1, 0.15) is 11.5 Å². The molecule has 217 valence electrons. The van der Waals surface area contributed by atoms with Gasteiger partial charge in [-0.15, -0.1) is 0 Å². The predicted molar refractivity (Wildman–Crippen MR) is 169 cm³/mol. The summed E-state index contributed by atoms with van der Waals surface area (Å²) in [7, 11) is -0.845. The van der Waals surface area contributed by atoms with Crippen molar-refractivity contribution >= 4 is 14.0 Å². The lowest BCUT2D eigenvalue weighted by atomic mass is 10.0. The smallest absolute Gasteiger partial charge is 0.343 e. The monoisotopic (exact) mass is 551 g/mol. The van der Waals surface area contributed by atoms with Crippen molar-refractivity contribution in [3.63, 3.8) is 0 Å². The molecule has 0 unspecified atom stereocenters. The Morgan fingerprint density at radius 3 is 1.95 bits per heavy atom. The average Bonchev–Trinajstić information content (AvgIpc) is 2.91. The van der Waals surface area contributed by atoms with Crippen LogP contribution in [-0.2, 0) is 6.42 Å². The summed E-state index contributed by atoms with van der Waals surface area (Å²) in [6.07, 6.45) is 20.5. The van der Waals surface area contributed by atoms with E-state index in [1.165, 1.54) is 89.5 Å². The topological polar surface area (TPSA) is 35.5 Å². The lowest BCUT2D eigenvalue weighted by Crippen LogP contribution is -2.18. The average molecular weight is 552 g/mol. The van der Waals surface area contributed by atoms with Crippen molar-refractivity contribution in [1.29, 1.82) is 0 Å². The standard InChI is InChI=1S/C35H55O3Si/c1-5-6-7-8-15-18-28-37-33-26-24-32(25-27-33)35(36)38-34-23-20-22-31(30-34)21-17-14-12-10-9-11-13-16-19-29-39(2,3)4/h20,23-27,30H,5-19,21,28-29H2,1-4H3. The SMILES string of the molecule is CCCCCCCCOc1ccc(C(=O)Oc2cc[c]c(CCCCCCCCCCC[Si](C)(C)C)c2)cc1. The summed E-state index contributed by atoms with van der Waals surface area (Å²) in [4.78, 5) is 12.6. The molecule has 2 aromatic rings. The first kappa shape index (κ1) is 33.1. The van der Waals surface area contributed by atoms with Crippen LogP contribution < -0.4 is 9.47 Å². The summed E-state index contributed by atoms with van der Waals surface area (Å²) in [6, 6.07) is 17.7. The van der Waals surface area contributed by atoms with Gasteiger partial charge in [-0.05, 0) is 67.3 Å². The maximum atomic E-state index is 12.6. The molecule has 0 atom stereocenters. The molecule has 39 heavy (non-hydrogen) atoms. The Bertz CT molecular complexity index is 901.